The summed E-state index contributed by atoms with van der Waals surface area (Å²) in [5, 5.41) is 12.2. The van der Waals surface area contributed by atoms with Crippen LogP contribution >= 0.6 is 0 Å². The zero-order valence-electron chi connectivity index (χ0n) is 10.1. The van der Waals surface area contributed by atoms with Crippen molar-refractivity contribution >= 4 is 5.91 Å². The summed E-state index contributed by atoms with van der Waals surface area (Å²) in [5.41, 5.74) is 5.05. The SMILES string of the molecule is N#CC1(NC(=O)CN2CC(N)C2)CCCCC1. The zero-order valence-corrected chi connectivity index (χ0v) is 10.1. The molecule has 0 radical (unpaired) electrons. The van der Waals surface area contributed by atoms with Crippen LogP contribution in [0.5, 0.6) is 0 Å². The first kappa shape index (κ1) is 12.3. The Morgan fingerprint density at radius 1 is 1.41 bits per heavy atom. The van der Waals surface area contributed by atoms with Crippen molar-refractivity contribution in [2.24, 2.45) is 5.73 Å². The Morgan fingerprint density at radius 3 is 2.59 bits per heavy atom. The normalized spacial score (nSPS) is 24.7. The van der Waals surface area contributed by atoms with E-state index in [0.29, 0.717) is 6.54 Å². The molecule has 1 aliphatic heterocycles. The van der Waals surface area contributed by atoms with Crippen LogP contribution in [0.25, 0.3) is 0 Å². The van der Waals surface area contributed by atoms with Crippen LogP contribution in [-0.2, 0) is 4.79 Å². The summed E-state index contributed by atoms with van der Waals surface area (Å²) < 4.78 is 0. The summed E-state index contributed by atoms with van der Waals surface area (Å²) >= 11 is 0. The van der Waals surface area contributed by atoms with Gasteiger partial charge in [-0.25, -0.2) is 0 Å². The van der Waals surface area contributed by atoms with Crippen LogP contribution in [0.4, 0.5) is 0 Å². The average Bonchev–Trinajstić information content (AvgIpc) is 2.28. The lowest BCUT2D eigenvalue weighted by atomic mass is 9.83. The minimum atomic E-state index is -0.609. The van der Waals surface area contributed by atoms with Gasteiger partial charge >= 0.3 is 0 Å². The molecule has 0 aromatic carbocycles. The Kier molecular flexibility index (Phi) is 3.65. The number of nitrogens with zero attached hydrogens (tertiary/aromatic N) is 2. The van der Waals surface area contributed by atoms with Gasteiger partial charge in [0.15, 0.2) is 0 Å². The van der Waals surface area contributed by atoms with Crippen LogP contribution in [0, 0.1) is 11.3 Å². The van der Waals surface area contributed by atoms with Gasteiger partial charge in [0, 0.05) is 19.1 Å². The maximum absolute atomic E-state index is 11.8. The second kappa shape index (κ2) is 5.03. The van der Waals surface area contributed by atoms with E-state index in [0.717, 1.165) is 38.8 Å². The molecule has 3 N–H and O–H groups in total. The Hall–Kier alpha value is -1.12. The quantitative estimate of drug-likeness (QED) is 0.721. The van der Waals surface area contributed by atoms with Gasteiger partial charge in [-0.3, -0.25) is 9.69 Å². The summed E-state index contributed by atoms with van der Waals surface area (Å²) in [6, 6.07) is 2.50. The predicted octanol–water partition coefficient (Wildman–Crippen LogP) is -0.0280. The van der Waals surface area contributed by atoms with E-state index in [4.69, 9.17) is 5.73 Å². The standard InChI is InChI=1S/C12H20N4O/c13-9-12(4-2-1-3-5-12)15-11(17)8-16-6-10(14)7-16/h10H,1-8,14H2,(H,15,17). The molecule has 0 atom stereocenters. The average molecular weight is 236 g/mol. The van der Waals surface area contributed by atoms with Gasteiger partial charge < -0.3 is 11.1 Å². The van der Waals surface area contributed by atoms with Crippen molar-refractivity contribution in [3.63, 3.8) is 0 Å². The first-order valence-electron chi connectivity index (χ1n) is 6.34. The number of nitrogens with two attached hydrogens (primary N) is 1. The number of likely N-dealkylation sites (tertiary alicyclic amines) is 1. The number of carbonyl (C=O) groups is 1. The minimum Gasteiger partial charge on any atom is -0.337 e. The number of hydrogen-bond acceptors (Lipinski definition) is 4. The van der Waals surface area contributed by atoms with Crippen molar-refractivity contribution in [1.82, 2.24) is 10.2 Å². The fourth-order valence-corrected chi connectivity index (χ4v) is 2.67. The van der Waals surface area contributed by atoms with E-state index in [-0.39, 0.29) is 11.9 Å². The molecule has 2 fully saturated rings. The lowest BCUT2D eigenvalue weighted by Gasteiger charge is -2.37. The van der Waals surface area contributed by atoms with E-state index in [1.807, 2.05) is 4.90 Å². The predicted molar refractivity (Wildman–Crippen MR) is 64.0 cm³/mol. The molecule has 1 amide bonds. The third-order valence-electron chi connectivity index (χ3n) is 3.65. The topological polar surface area (TPSA) is 82.2 Å². The summed E-state index contributed by atoms with van der Waals surface area (Å²) in [5.74, 6) is -0.0413. The van der Waals surface area contributed by atoms with Gasteiger partial charge in [0.2, 0.25) is 5.91 Å². The van der Waals surface area contributed by atoms with E-state index in [2.05, 4.69) is 11.4 Å². The zero-order chi connectivity index (χ0) is 12.3. The van der Waals surface area contributed by atoms with Crippen molar-refractivity contribution in [3.8, 4) is 6.07 Å². The molecule has 0 aromatic heterocycles. The highest BCUT2D eigenvalue weighted by atomic mass is 16.2. The van der Waals surface area contributed by atoms with E-state index in [9.17, 15) is 10.1 Å². The van der Waals surface area contributed by atoms with Crippen molar-refractivity contribution < 1.29 is 4.79 Å². The van der Waals surface area contributed by atoms with Crippen molar-refractivity contribution in [1.29, 1.82) is 5.26 Å². The number of nitrogens with one attached hydrogen (secondary N) is 1. The minimum absolute atomic E-state index is 0.0413. The fraction of sp³-hybridized carbons (Fsp3) is 0.833. The third kappa shape index (κ3) is 2.96. The first-order valence-corrected chi connectivity index (χ1v) is 6.34. The molecule has 0 aromatic rings. The molecule has 1 heterocycles. The molecule has 0 spiro atoms. The highest BCUT2D eigenvalue weighted by molar-refractivity contribution is 5.79. The highest BCUT2D eigenvalue weighted by Gasteiger charge is 2.34. The summed E-state index contributed by atoms with van der Waals surface area (Å²) in [7, 11) is 0. The smallest absolute Gasteiger partial charge is 0.235 e. The van der Waals surface area contributed by atoms with E-state index >= 15 is 0 Å². The molecule has 17 heavy (non-hydrogen) atoms. The first-order chi connectivity index (χ1) is 8.13. The van der Waals surface area contributed by atoms with E-state index in [1.54, 1.807) is 0 Å². The molecular weight excluding hydrogens is 216 g/mol. The highest BCUT2D eigenvalue weighted by Crippen LogP contribution is 2.27. The molecule has 0 unspecified atom stereocenters. The van der Waals surface area contributed by atoms with Crippen LogP contribution in [0.1, 0.15) is 32.1 Å². The van der Waals surface area contributed by atoms with Gasteiger partial charge in [0.05, 0.1) is 12.6 Å². The van der Waals surface area contributed by atoms with Crippen molar-refractivity contribution in [3.05, 3.63) is 0 Å². The fourth-order valence-electron chi connectivity index (χ4n) is 2.67. The van der Waals surface area contributed by atoms with Gasteiger partial charge in [-0.15, -0.1) is 0 Å². The Labute approximate surface area is 102 Å². The van der Waals surface area contributed by atoms with E-state index in [1.165, 1.54) is 6.42 Å². The van der Waals surface area contributed by atoms with Gasteiger partial charge in [0.25, 0.3) is 0 Å². The van der Waals surface area contributed by atoms with Gasteiger partial charge in [-0.2, -0.15) is 5.26 Å². The van der Waals surface area contributed by atoms with E-state index < -0.39 is 5.54 Å². The monoisotopic (exact) mass is 236 g/mol. The largest absolute Gasteiger partial charge is 0.337 e. The molecule has 1 saturated heterocycles. The van der Waals surface area contributed by atoms with Crippen LogP contribution in [-0.4, -0.2) is 42.0 Å². The number of amides is 1. The van der Waals surface area contributed by atoms with Crippen LogP contribution < -0.4 is 11.1 Å². The molecule has 94 valence electrons. The number of rotatable bonds is 3. The van der Waals surface area contributed by atoms with Gasteiger partial charge in [0.1, 0.15) is 5.54 Å². The lowest BCUT2D eigenvalue weighted by Crippen LogP contribution is -2.59. The number of hydrogen-bond donors (Lipinski definition) is 2. The third-order valence-corrected chi connectivity index (χ3v) is 3.65. The number of carbonyl (C=O) groups excluding carboxylic acids is 1. The maximum atomic E-state index is 11.8. The Bertz CT molecular complexity index is 324. The molecule has 1 aliphatic carbocycles. The number of nitriles is 1. The van der Waals surface area contributed by atoms with Gasteiger partial charge in [-0.05, 0) is 12.8 Å². The molecule has 2 rings (SSSR count). The molecule has 0 bridgehead atoms. The van der Waals surface area contributed by atoms with Crippen LogP contribution in [0.2, 0.25) is 0 Å². The molecule has 2 aliphatic rings. The summed E-state index contributed by atoms with van der Waals surface area (Å²) in [4.78, 5) is 13.8. The van der Waals surface area contributed by atoms with Crippen LogP contribution in [0.15, 0.2) is 0 Å². The lowest BCUT2D eigenvalue weighted by molar-refractivity contribution is -0.124. The maximum Gasteiger partial charge on any atom is 0.235 e. The summed E-state index contributed by atoms with van der Waals surface area (Å²) in [6.45, 7) is 1.94. The van der Waals surface area contributed by atoms with Crippen molar-refractivity contribution in [2.45, 2.75) is 43.7 Å². The Morgan fingerprint density at radius 2 is 2.06 bits per heavy atom. The van der Waals surface area contributed by atoms with Gasteiger partial charge in [-0.1, -0.05) is 19.3 Å². The molecule has 5 heteroatoms. The van der Waals surface area contributed by atoms with Crippen LogP contribution in [0.3, 0.4) is 0 Å². The molecular formula is C12H20N4O. The Balaban J connectivity index is 1.82. The summed E-state index contributed by atoms with van der Waals surface area (Å²) in [6.07, 6.45) is 4.80. The second-order valence-electron chi connectivity index (χ2n) is 5.26. The molecule has 5 nitrogen and oxygen atoms in total. The van der Waals surface area contributed by atoms with Crippen molar-refractivity contribution in [2.75, 3.05) is 19.6 Å². The molecule has 1 saturated carbocycles. The second-order valence-corrected chi connectivity index (χ2v) is 5.26.